The molecule has 0 atom stereocenters. The Bertz CT molecular complexity index is 640. The van der Waals surface area contributed by atoms with Crippen molar-refractivity contribution in [2.45, 2.75) is 19.9 Å². The van der Waals surface area contributed by atoms with Crippen LogP contribution in [0.4, 0.5) is 5.69 Å². The number of aromatic nitrogens is 1. The molecule has 6 nitrogen and oxygen atoms in total. The molecule has 2 rings (SSSR count). The van der Waals surface area contributed by atoms with Gasteiger partial charge in [-0.05, 0) is 13.0 Å². The Morgan fingerprint density at radius 2 is 2.25 bits per heavy atom. The molecule has 0 spiro atoms. The predicted octanol–water partition coefficient (Wildman–Crippen LogP) is 2.42. The molecule has 0 bridgehead atoms. The Kier molecular flexibility index (Phi) is 4.31. The van der Waals surface area contributed by atoms with Crippen LogP contribution in [-0.2, 0) is 13.0 Å². The number of ether oxygens (including phenoxy) is 1. The molecule has 2 N–H and O–H groups in total. The van der Waals surface area contributed by atoms with Crippen LogP contribution in [0, 0.1) is 17.0 Å². The van der Waals surface area contributed by atoms with E-state index in [9.17, 15) is 10.1 Å². The van der Waals surface area contributed by atoms with Crippen molar-refractivity contribution in [2.24, 2.45) is 5.73 Å². The predicted molar refractivity (Wildman–Crippen MR) is 77.2 cm³/mol. The van der Waals surface area contributed by atoms with Crippen molar-refractivity contribution in [1.82, 2.24) is 4.98 Å². The van der Waals surface area contributed by atoms with Gasteiger partial charge in [0.05, 0.1) is 17.7 Å². The largest absolute Gasteiger partial charge is 0.496 e. The molecule has 7 heteroatoms. The summed E-state index contributed by atoms with van der Waals surface area (Å²) in [6.07, 6.45) is 0.550. The molecule has 0 amide bonds. The van der Waals surface area contributed by atoms with Gasteiger partial charge < -0.3 is 10.5 Å². The van der Waals surface area contributed by atoms with Gasteiger partial charge >= 0.3 is 0 Å². The van der Waals surface area contributed by atoms with Gasteiger partial charge in [0, 0.05) is 35.5 Å². The Morgan fingerprint density at radius 3 is 2.80 bits per heavy atom. The molecule has 106 valence electrons. The maximum Gasteiger partial charge on any atom is 0.269 e. The normalized spacial score (nSPS) is 10.6. The number of aryl methyl sites for hydroxylation is 1. The van der Waals surface area contributed by atoms with Crippen LogP contribution in [0.3, 0.4) is 0 Å². The number of hydrogen-bond donors (Lipinski definition) is 1. The smallest absolute Gasteiger partial charge is 0.269 e. The number of benzene rings is 1. The van der Waals surface area contributed by atoms with Gasteiger partial charge in [-0.15, -0.1) is 11.3 Å². The molecular formula is C13H15N3O3S. The summed E-state index contributed by atoms with van der Waals surface area (Å²) >= 11 is 1.53. The van der Waals surface area contributed by atoms with Gasteiger partial charge in [0.15, 0.2) is 0 Å². The molecule has 0 aliphatic carbocycles. The highest BCUT2D eigenvalue weighted by Crippen LogP contribution is 2.29. The Hall–Kier alpha value is -1.99. The van der Waals surface area contributed by atoms with E-state index in [1.165, 1.54) is 17.4 Å². The van der Waals surface area contributed by atoms with Crippen molar-refractivity contribution in [1.29, 1.82) is 0 Å². The molecule has 0 radical (unpaired) electrons. The summed E-state index contributed by atoms with van der Waals surface area (Å²) in [4.78, 5) is 15.9. The van der Waals surface area contributed by atoms with E-state index in [4.69, 9.17) is 10.5 Å². The van der Waals surface area contributed by atoms with Gasteiger partial charge in [0.1, 0.15) is 10.8 Å². The van der Waals surface area contributed by atoms with E-state index >= 15 is 0 Å². The fraction of sp³-hybridized carbons (Fsp3) is 0.308. The number of nitrogens with two attached hydrogens (primary N) is 1. The highest BCUT2D eigenvalue weighted by molar-refractivity contribution is 7.11. The molecule has 0 unspecified atom stereocenters. The van der Waals surface area contributed by atoms with Crippen molar-refractivity contribution < 1.29 is 9.66 Å². The first-order chi connectivity index (χ1) is 9.55. The third-order valence-electron chi connectivity index (χ3n) is 2.94. The first kappa shape index (κ1) is 14.4. The van der Waals surface area contributed by atoms with Gasteiger partial charge in [-0.1, -0.05) is 0 Å². The summed E-state index contributed by atoms with van der Waals surface area (Å²) in [5.41, 5.74) is 7.32. The molecule has 1 aromatic heterocycles. The number of methoxy groups -OCH3 is 1. The van der Waals surface area contributed by atoms with Gasteiger partial charge in [-0.3, -0.25) is 10.1 Å². The van der Waals surface area contributed by atoms with Crippen LogP contribution in [0.25, 0.3) is 0 Å². The molecular weight excluding hydrogens is 278 g/mol. The van der Waals surface area contributed by atoms with Crippen molar-refractivity contribution in [2.75, 3.05) is 7.11 Å². The number of nitro groups is 1. The van der Waals surface area contributed by atoms with Crippen molar-refractivity contribution in [3.05, 3.63) is 49.5 Å². The number of non-ortho nitro benzene ring substituents is 1. The van der Waals surface area contributed by atoms with Crippen LogP contribution >= 0.6 is 11.3 Å². The zero-order valence-corrected chi connectivity index (χ0v) is 12.1. The number of rotatable bonds is 5. The summed E-state index contributed by atoms with van der Waals surface area (Å²) in [5, 5.41) is 11.7. The van der Waals surface area contributed by atoms with Gasteiger partial charge in [-0.2, -0.15) is 0 Å². The minimum absolute atomic E-state index is 0.0574. The zero-order valence-electron chi connectivity index (χ0n) is 11.3. The molecule has 1 heterocycles. The Morgan fingerprint density at radius 1 is 1.50 bits per heavy atom. The standard InChI is InChI=1S/C13H15N3O3S/c1-8-12(20-13(7-14)15-8)6-9-5-10(16(17)18)3-4-11(9)19-2/h3-5H,6-7,14H2,1-2H3. The van der Waals surface area contributed by atoms with E-state index < -0.39 is 4.92 Å². The van der Waals surface area contributed by atoms with E-state index in [1.54, 1.807) is 19.2 Å². The average Bonchev–Trinajstić information content (AvgIpc) is 2.79. The van der Waals surface area contributed by atoms with Crippen molar-refractivity contribution in [3.63, 3.8) is 0 Å². The van der Waals surface area contributed by atoms with Crippen LogP contribution in [-0.4, -0.2) is 17.0 Å². The summed E-state index contributed by atoms with van der Waals surface area (Å²) < 4.78 is 5.26. The van der Waals surface area contributed by atoms with Crippen molar-refractivity contribution in [3.8, 4) is 5.75 Å². The maximum absolute atomic E-state index is 10.9. The molecule has 20 heavy (non-hydrogen) atoms. The summed E-state index contributed by atoms with van der Waals surface area (Å²) in [6, 6.07) is 4.60. The second-order valence-electron chi connectivity index (χ2n) is 4.25. The summed E-state index contributed by atoms with van der Waals surface area (Å²) in [5.74, 6) is 0.637. The highest BCUT2D eigenvalue weighted by Gasteiger charge is 2.14. The van der Waals surface area contributed by atoms with E-state index in [1.807, 2.05) is 6.92 Å². The van der Waals surface area contributed by atoms with Crippen LogP contribution in [0.2, 0.25) is 0 Å². The summed E-state index contributed by atoms with van der Waals surface area (Å²) in [6.45, 7) is 2.31. The van der Waals surface area contributed by atoms with Crippen LogP contribution in [0.15, 0.2) is 18.2 Å². The monoisotopic (exact) mass is 293 g/mol. The van der Waals surface area contributed by atoms with Crippen LogP contribution in [0.1, 0.15) is 21.1 Å². The Balaban J connectivity index is 2.37. The first-order valence-electron chi connectivity index (χ1n) is 6.01. The van der Waals surface area contributed by atoms with E-state index in [-0.39, 0.29) is 5.69 Å². The third-order valence-corrected chi connectivity index (χ3v) is 4.12. The van der Waals surface area contributed by atoms with Gasteiger partial charge in [-0.25, -0.2) is 4.98 Å². The first-order valence-corrected chi connectivity index (χ1v) is 6.83. The number of nitro benzene ring substituents is 1. The molecule has 0 saturated heterocycles. The SMILES string of the molecule is COc1ccc([N+](=O)[O-])cc1Cc1sc(CN)nc1C. The van der Waals surface area contributed by atoms with Crippen LogP contribution < -0.4 is 10.5 Å². The van der Waals surface area contributed by atoms with Crippen LogP contribution in [0.5, 0.6) is 5.75 Å². The second kappa shape index (κ2) is 5.98. The average molecular weight is 293 g/mol. The zero-order chi connectivity index (χ0) is 14.7. The second-order valence-corrected chi connectivity index (χ2v) is 5.42. The molecule has 0 saturated carbocycles. The lowest BCUT2D eigenvalue weighted by Crippen LogP contribution is -1.96. The lowest BCUT2D eigenvalue weighted by Gasteiger charge is -2.07. The molecule has 0 fully saturated rings. The molecule has 1 aromatic carbocycles. The molecule has 2 aromatic rings. The third kappa shape index (κ3) is 2.94. The number of thiazole rings is 1. The molecule has 0 aliphatic heterocycles. The fourth-order valence-corrected chi connectivity index (χ4v) is 2.90. The topological polar surface area (TPSA) is 91.3 Å². The fourth-order valence-electron chi connectivity index (χ4n) is 1.93. The van der Waals surface area contributed by atoms with Gasteiger partial charge in [0.25, 0.3) is 5.69 Å². The molecule has 0 aliphatic rings. The van der Waals surface area contributed by atoms with E-state index in [0.29, 0.717) is 18.7 Å². The van der Waals surface area contributed by atoms with Crippen molar-refractivity contribution >= 4 is 17.0 Å². The van der Waals surface area contributed by atoms with Gasteiger partial charge in [0.2, 0.25) is 0 Å². The lowest BCUT2D eigenvalue weighted by atomic mass is 10.1. The lowest BCUT2D eigenvalue weighted by molar-refractivity contribution is -0.384. The Labute approximate surface area is 120 Å². The minimum Gasteiger partial charge on any atom is -0.496 e. The van der Waals surface area contributed by atoms with E-state index in [0.717, 1.165) is 21.1 Å². The quantitative estimate of drug-likeness (QED) is 0.675. The maximum atomic E-state index is 10.9. The number of hydrogen-bond acceptors (Lipinski definition) is 6. The summed E-state index contributed by atoms with van der Waals surface area (Å²) in [7, 11) is 1.55. The van der Waals surface area contributed by atoms with E-state index in [2.05, 4.69) is 4.98 Å². The highest BCUT2D eigenvalue weighted by atomic mass is 32.1. The minimum atomic E-state index is -0.409. The number of nitrogens with zero attached hydrogens (tertiary/aromatic N) is 2.